The molecule has 2 aromatic rings. The van der Waals surface area contributed by atoms with Gasteiger partial charge in [-0.15, -0.1) is 0 Å². The number of likely N-dealkylation sites (tertiary alicyclic amines) is 1. The smallest absolute Gasteiger partial charge is 0.257 e. The van der Waals surface area contributed by atoms with E-state index in [1.807, 2.05) is 0 Å². The van der Waals surface area contributed by atoms with E-state index in [9.17, 15) is 22.4 Å². The molecule has 29 heavy (non-hydrogen) atoms. The number of rotatable bonds is 6. The van der Waals surface area contributed by atoms with E-state index in [-0.39, 0.29) is 11.9 Å². The number of hydrogen-bond acceptors (Lipinski definition) is 5. The molecular weight excluding hydrogens is 401 g/mol. The fourth-order valence-electron chi connectivity index (χ4n) is 3.13. The molecular formula is C19H22FN3O5S. The number of benzene rings is 1. The largest absolute Gasteiger partial charge is 0.472 e. The third-order valence-electron chi connectivity index (χ3n) is 4.75. The molecule has 0 spiro atoms. The van der Waals surface area contributed by atoms with E-state index in [1.54, 1.807) is 11.0 Å². The molecule has 1 atom stereocenters. The molecule has 1 aromatic heterocycles. The van der Waals surface area contributed by atoms with Gasteiger partial charge in [0.1, 0.15) is 17.0 Å². The predicted octanol–water partition coefficient (Wildman–Crippen LogP) is 1.51. The van der Waals surface area contributed by atoms with Crippen molar-refractivity contribution in [3.8, 4) is 0 Å². The van der Waals surface area contributed by atoms with Crippen molar-refractivity contribution in [3.05, 3.63) is 54.2 Å². The lowest BCUT2D eigenvalue weighted by molar-refractivity contribution is -0.123. The van der Waals surface area contributed by atoms with Crippen molar-refractivity contribution < 1.29 is 26.8 Å². The van der Waals surface area contributed by atoms with Crippen LogP contribution >= 0.6 is 0 Å². The summed E-state index contributed by atoms with van der Waals surface area (Å²) in [6, 6.07) is 5.29. The number of nitrogens with zero attached hydrogens (tertiary/aromatic N) is 1. The molecule has 1 aliphatic heterocycles. The van der Waals surface area contributed by atoms with Crippen molar-refractivity contribution in [2.45, 2.75) is 36.7 Å². The fraction of sp³-hybridized carbons (Fsp3) is 0.368. The van der Waals surface area contributed by atoms with Crippen LogP contribution in [0.5, 0.6) is 0 Å². The Morgan fingerprint density at radius 2 is 1.90 bits per heavy atom. The Morgan fingerprint density at radius 1 is 1.21 bits per heavy atom. The van der Waals surface area contributed by atoms with Crippen LogP contribution in [0.3, 0.4) is 0 Å². The molecule has 10 heteroatoms. The van der Waals surface area contributed by atoms with E-state index in [4.69, 9.17) is 4.42 Å². The third-order valence-corrected chi connectivity index (χ3v) is 6.32. The summed E-state index contributed by atoms with van der Waals surface area (Å²) >= 11 is 0. The van der Waals surface area contributed by atoms with Crippen LogP contribution in [-0.2, 0) is 14.8 Å². The molecule has 8 nitrogen and oxygen atoms in total. The maximum atomic E-state index is 13.8. The molecule has 0 bridgehead atoms. The van der Waals surface area contributed by atoms with Gasteiger partial charge in [-0.25, -0.2) is 12.8 Å². The zero-order chi connectivity index (χ0) is 21.0. The van der Waals surface area contributed by atoms with Gasteiger partial charge in [0.25, 0.3) is 5.91 Å². The second-order valence-electron chi connectivity index (χ2n) is 6.86. The highest BCUT2D eigenvalue weighted by atomic mass is 32.2. The lowest BCUT2D eigenvalue weighted by Gasteiger charge is -2.32. The number of furan rings is 1. The lowest BCUT2D eigenvalue weighted by atomic mass is 10.0. The highest BCUT2D eigenvalue weighted by Gasteiger charge is 2.28. The Bertz CT molecular complexity index is 969. The zero-order valence-electron chi connectivity index (χ0n) is 15.8. The summed E-state index contributed by atoms with van der Waals surface area (Å²) in [6.45, 7) is 2.32. The van der Waals surface area contributed by atoms with Crippen LogP contribution in [0.25, 0.3) is 0 Å². The van der Waals surface area contributed by atoms with E-state index < -0.39 is 32.7 Å². The molecule has 156 valence electrons. The maximum absolute atomic E-state index is 13.8. The van der Waals surface area contributed by atoms with Gasteiger partial charge in [-0.2, -0.15) is 4.72 Å². The van der Waals surface area contributed by atoms with Gasteiger partial charge >= 0.3 is 0 Å². The molecule has 1 fully saturated rings. The standard InChI is InChI=1S/C19H22FN3O5S/c1-13(22-29(26,27)17-5-3-2-4-16(17)20)18(24)21-15-6-9-23(10-7-15)19(25)14-8-11-28-12-14/h2-5,8,11-13,15,22H,6-7,9-10H2,1H3,(H,21,24)/t13-/m0/s1. The molecule has 0 unspecified atom stereocenters. The van der Waals surface area contributed by atoms with Crippen molar-refractivity contribution in [1.29, 1.82) is 0 Å². The molecule has 0 radical (unpaired) electrons. The molecule has 0 aliphatic carbocycles. The van der Waals surface area contributed by atoms with Crippen LogP contribution in [0.15, 0.2) is 52.2 Å². The van der Waals surface area contributed by atoms with Gasteiger partial charge in [0.2, 0.25) is 15.9 Å². The minimum atomic E-state index is -4.17. The first-order valence-electron chi connectivity index (χ1n) is 9.16. The summed E-state index contributed by atoms with van der Waals surface area (Å²) in [5.41, 5.74) is 0.476. The van der Waals surface area contributed by atoms with Crippen molar-refractivity contribution in [2.75, 3.05) is 13.1 Å². The van der Waals surface area contributed by atoms with Gasteiger partial charge in [0.05, 0.1) is 17.9 Å². The fourth-order valence-corrected chi connectivity index (χ4v) is 4.42. The third kappa shape index (κ3) is 5.01. The highest BCUT2D eigenvalue weighted by Crippen LogP contribution is 2.16. The predicted molar refractivity (Wildman–Crippen MR) is 102 cm³/mol. The molecule has 2 heterocycles. The van der Waals surface area contributed by atoms with Gasteiger partial charge in [0, 0.05) is 19.1 Å². The summed E-state index contributed by atoms with van der Waals surface area (Å²) in [5, 5.41) is 2.79. The Hall–Kier alpha value is -2.72. The first-order chi connectivity index (χ1) is 13.8. The van der Waals surface area contributed by atoms with Gasteiger partial charge in [-0.3, -0.25) is 9.59 Å². The van der Waals surface area contributed by atoms with Gasteiger partial charge < -0.3 is 14.6 Å². The Balaban J connectivity index is 1.52. The Morgan fingerprint density at radius 3 is 2.52 bits per heavy atom. The average Bonchev–Trinajstić information content (AvgIpc) is 3.22. The van der Waals surface area contributed by atoms with Crippen molar-refractivity contribution >= 4 is 21.8 Å². The van der Waals surface area contributed by atoms with Crippen LogP contribution in [0.1, 0.15) is 30.1 Å². The second kappa shape index (κ2) is 8.75. The van der Waals surface area contributed by atoms with Crippen LogP contribution in [-0.4, -0.2) is 50.3 Å². The number of piperidine rings is 1. The number of carbonyl (C=O) groups excluding carboxylic acids is 2. The summed E-state index contributed by atoms with van der Waals surface area (Å²) in [4.78, 5) is 25.8. The topological polar surface area (TPSA) is 109 Å². The van der Waals surface area contributed by atoms with E-state index >= 15 is 0 Å². The van der Waals surface area contributed by atoms with Crippen LogP contribution in [0.2, 0.25) is 0 Å². The number of halogens is 1. The van der Waals surface area contributed by atoms with Crippen molar-refractivity contribution in [1.82, 2.24) is 14.9 Å². The molecule has 1 aromatic carbocycles. The van der Waals surface area contributed by atoms with E-state index in [0.29, 0.717) is 31.5 Å². The van der Waals surface area contributed by atoms with Crippen LogP contribution < -0.4 is 10.0 Å². The first-order valence-corrected chi connectivity index (χ1v) is 10.6. The molecule has 1 saturated heterocycles. The number of sulfonamides is 1. The van der Waals surface area contributed by atoms with Crippen molar-refractivity contribution in [2.24, 2.45) is 0 Å². The zero-order valence-corrected chi connectivity index (χ0v) is 16.6. The molecule has 3 rings (SSSR count). The van der Waals surface area contributed by atoms with E-state index in [2.05, 4.69) is 10.0 Å². The highest BCUT2D eigenvalue weighted by molar-refractivity contribution is 7.89. The summed E-state index contributed by atoms with van der Waals surface area (Å²) in [7, 11) is -4.17. The minimum Gasteiger partial charge on any atom is -0.472 e. The normalized spacial score (nSPS) is 16.4. The quantitative estimate of drug-likeness (QED) is 0.732. The summed E-state index contributed by atoms with van der Waals surface area (Å²) in [5.74, 6) is -1.53. The Kier molecular flexibility index (Phi) is 6.33. The van der Waals surface area contributed by atoms with Gasteiger partial charge in [-0.05, 0) is 38.0 Å². The Labute approximate surface area is 168 Å². The molecule has 1 aliphatic rings. The van der Waals surface area contributed by atoms with Crippen molar-refractivity contribution in [3.63, 3.8) is 0 Å². The summed E-state index contributed by atoms with van der Waals surface area (Å²) < 4.78 is 45.5. The van der Waals surface area contributed by atoms with Gasteiger partial charge in [-0.1, -0.05) is 12.1 Å². The number of nitrogens with one attached hydrogen (secondary N) is 2. The summed E-state index contributed by atoms with van der Waals surface area (Å²) in [6.07, 6.45) is 3.91. The maximum Gasteiger partial charge on any atom is 0.257 e. The minimum absolute atomic E-state index is 0.130. The average molecular weight is 423 g/mol. The lowest BCUT2D eigenvalue weighted by Crippen LogP contribution is -2.51. The number of hydrogen-bond donors (Lipinski definition) is 2. The number of carbonyl (C=O) groups is 2. The monoisotopic (exact) mass is 423 g/mol. The molecule has 2 amide bonds. The van der Waals surface area contributed by atoms with Crippen LogP contribution in [0.4, 0.5) is 4.39 Å². The molecule has 2 N–H and O–H groups in total. The first kappa shape index (κ1) is 21.0. The second-order valence-corrected chi connectivity index (χ2v) is 8.54. The number of amides is 2. The van der Waals surface area contributed by atoms with E-state index in [0.717, 1.165) is 12.1 Å². The molecule has 0 saturated carbocycles. The van der Waals surface area contributed by atoms with Gasteiger partial charge in [0.15, 0.2) is 0 Å². The SMILES string of the molecule is C[C@H](NS(=O)(=O)c1ccccc1F)C(=O)NC1CCN(C(=O)c2ccoc2)CC1. The van der Waals surface area contributed by atoms with E-state index in [1.165, 1.54) is 31.6 Å². The van der Waals surface area contributed by atoms with Crippen LogP contribution in [0, 0.1) is 5.82 Å².